The van der Waals surface area contributed by atoms with Crippen LogP contribution in [0.2, 0.25) is 0 Å². The first-order valence-electron chi connectivity index (χ1n) is 7.25. The van der Waals surface area contributed by atoms with Gasteiger partial charge in [-0.3, -0.25) is 9.59 Å². The number of rotatable bonds is 7. The fraction of sp³-hybridized carbons (Fsp3) is 0.500. The van der Waals surface area contributed by atoms with E-state index in [1.165, 1.54) is 18.2 Å². The topological polar surface area (TPSA) is 66.4 Å². The van der Waals surface area contributed by atoms with E-state index in [1.807, 2.05) is 0 Å². The summed E-state index contributed by atoms with van der Waals surface area (Å²) in [5.74, 6) is -2.19. The molecule has 1 amide bonds. The second kappa shape index (κ2) is 7.99. The Bertz CT molecular complexity index is 558. The zero-order valence-electron chi connectivity index (χ0n) is 13.0. The van der Waals surface area contributed by atoms with Gasteiger partial charge in [-0.2, -0.15) is 13.2 Å². The molecule has 0 aliphatic carbocycles. The SMILES string of the molecule is CC(CNC(=O)CC(C)c1ccccc1C(F)(F)F)CC(=O)O. The number of halogens is 3. The molecule has 1 aromatic carbocycles. The van der Waals surface area contributed by atoms with E-state index in [4.69, 9.17) is 5.11 Å². The Morgan fingerprint density at radius 1 is 1.17 bits per heavy atom. The van der Waals surface area contributed by atoms with Crippen LogP contribution in [0.1, 0.15) is 43.7 Å². The molecule has 1 aromatic rings. The Kier molecular flexibility index (Phi) is 6.60. The van der Waals surface area contributed by atoms with Gasteiger partial charge in [0.05, 0.1) is 5.56 Å². The summed E-state index contributed by atoms with van der Waals surface area (Å²) in [5.41, 5.74) is -0.659. The highest BCUT2D eigenvalue weighted by molar-refractivity contribution is 5.77. The monoisotopic (exact) mass is 331 g/mol. The van der Waals surface area contributed by atoms with Gasteiger partial charge in [0.15, 0.2) is 0 Å². The molecule has 2 unspecified atom stereocenters. The van der Waals surface area contributed by atoms with Crippen LogP contribution in [0, 0.1) is 5.92 Å². The number of carbonyl (C=O) groups is 2. The van der Waals surface area contributed by atoms with Crippen molar-refractivity contribution in [2.75, 3.05) is 6.54 Å². The summed E-state index contributed by atoms with van der Waals surface area (Å²) in [4.78, 5) is 22.4. The molecule has 0 aliphatic rings. The molecule has 0 saturated carbocycles. The highest BCUT2D eigenvalue weighted by Gasteiger charge is 2.34. The van der Waals surface area contributed by atoms with Gasteiger partial charge in [-0.15, -0.1) is 0 Å². The average Bonchev–Trinajstić information content (AvgIpc) is 2.43. The van der Waals surface area contributed by atoms with E-state index in [9.17, 15) is 22.8 Å². The van der Waals surface area contributed by atoms with Crippen LogP contribution >= 0.6 is 0 Å². The van der Waals surface area contributed by atoms with Gasteiger partial charge in [0.25, 0.3) is 0 Å². The summed E-state index contributed by atoms with van der Waals surface area (Å²) in [6.45, 7) is 3.42. The predicted octanol–water partition coefficient (Wildman–Crippen LogP) is 3.43. The lowest BCUT2D eigenvalue weighted by molar-refractivity contribution is -0.139. The zero-order valence-corrected chi connectivity index (χ0v) is 13.0. The van der Waals surface area contributed by atoms with Crippen molar-refractivity contribution >= 4 is 11.9 Å². The maximum Gasteiger partial charge on any atom is 0.416 e. The molecule has 2 N–H and O–H groups in total. The third-order valence-electron chi connectivity index (χ3n) is 3.46. The average molecular weight is 331 g/mol. The van der Waals surface area contributed by atoms with Gasteiger partial charge in [-0.25, -0.2) is 0 Å². The fourth-order valence-corrected chi connectivity index (χ4v) is 2.30. The first-order chi connectivity index (χ1) is 10.6. The maximum atomic E-state index is 13.0. The van der Waals surface area contributed by atoms with Crippen LogP contribution in [-0.4, -0.2) is 23.5 Å². The van der Waals surface area contributed by atoms with Crippen molar-refractivity contribution in [2.24, 2.45) is 5.92 Å². The number of benzene rings is 1. The van der Waals surface area contributed by atoms with E-state index < -0.39 is 29.5 Å². The summed E-state index contributed by atoms with van der Waals surface area (Å²) in [7, 11) is 0. The van der Waals surface area contributed by atoms with E-state index in [0.717, 1.165) is 6.07 Å². The Labute approximate surface area is 132 Å². The number of amides is 1. The largest absolute Gasteiger partial charge is 0.481 e. The molecular weight excluding hydrogens is 311 g/mol. The quantitative estimate of drug-likeness (QED) is 0.804. The number of nitrogens with one attached hydrogen (secondary N) is 1. The Morgan fingerprint density at radius 2 is 1.78 bits per heavy atom. The number of hydrogen-bond acceptors (Lipinski definition) is 2. The first-order valence-corrected chi connectivity index (χ1v) is 7.25. The van der Waals surface area contributed by atoms with Gasteiger partial charge in [-0.1, -0.05) is 32.0 Å². The van der Waals surface area contributed by atoms with Crippen molar-refractivity contribution < 1.29 is 27.9 Å². The maximum absolute atomic E-state index is 13.0. The lowest BCUT2D eigenvalue weighted by Crippen LogP contribution is -2.30. The lowest BCUT2D eigenvalue weighted by atomic mass is 9.92. The summed E-state index contributed by atoms with van der Waals surface area (Å²) < 4.78 is 38.9. The van der Waals surface area contributed by atoms with E-state index in [0.29, 0.717) is 0 Å². The van der Waals surface area contributed by atoms with Gasteiger partial charge in [-0.05, 0) is 23.5 Å². The normalized spacial score (nSPS) is 14.1. The molecule has 128 valence electrons. The van der Waals surface area contributed by atoms with Crippen LogP contribution in [0.5, 0.6) is 0 Å². The van der Waals surface area contributed by atoms with Crippen molar-refractivity contribution in [2.45, 2.75) is 38.8 Å². The molecule has 0 heterocycles. The first kappa shape index (κ1) is 19.0. The molecule has 0 bridgehead atoms. The molecule has 4 nitrogen and oxygen atoms in total. The van der Waals surface area contributed by atoms with Crippen molar-refractivity contribution in [1.82, 2.24) is 5.32 Å². The molecule has 0 saturated heterocycles. The van der Waals surface area contributed by atoms with E-state index in [1.54, 1.807) is 13.8 Å². The molecule has 1 rings (SSSR count). The van der Waals surface area contributed by atoms with Crippen LogP contribution in [0.3, 0.4) is 0 Å². The molecule has 0 spiro atoms. The van der Waals surface area contributed by atoms with Crippen molar-refractivity contribution in [3.8, 4) is 0 Å². The molecule has 23 heavy (non-hydrogen) atoms. The third kappa shape index (κ3) is 6.30. The van der Waals surface area contributed by atoms with Crippen LogP contribution in [-0.2, 0) is 15.8 Å². The number of carboxylic acids is 1. The van der Waals surface area contributed by atoms with Crippen molar-refractivity contribution in [1.29, 1.82) is 0 Å². The standard InChI is InChI=1S/C16H20F3NO3/c1-10(7-15(22)23)9-20-14(21)8-11(2)12-5-3-4-6-13(12)16(17,18)19/h3-6,10-11H,7-9H2,1-2H3,(H,20,21)(H,22,23). The molecule has 0 aliphatic heterocycles. The summed E-state index contributed by atoms with van der Waals surface area (Å²) >= 11 is 0. The molecule has 0 aromatic heterocycles. The van der Waals surface area contributed by atoms with Crippen LogP contribution in [0.25, 0.3) is 0 Å². The number of alkyl halides is 3. The highest BCUT2D eigenvalue weighted by Crippen LogP contribution is 2.35. The fourth-order valence-electron chi connectivity index (χ4n) is 2.30. The second-order valence-electron chi connectivity index (χ2n) is 5.70. The van der Waals surface area contributed by atoms with Gasteiger partial charge < -0.3 is 10.4 Å². The van der Waals surface area contributed by atoms with Gasteiger partial charge in [0.1, 0.15) is 0 Å². The van der Waals surface area contributed by atoms with Gasteiger partial charge in [0.2, 0.25) is 5.91 Å². The smallest absolute Gasteiger partial charge is 0.416 e. The number of carboxylic acid groups (broad SMARTS) is 1. The molecule has 7 heteroatoms. The van der Waals surface area contributed by atoms with E-state index in [2.05, 4.69) is 5.32 Å². The molecule has 2 atom stereocenters. The second-order valence-corrected chi connectivity index (χ2v) is 5.70. The summed E-state index contributed by atoms with van der Waals surface area (Å²) in [6, 6.07) is 5.19. The third-order valence-corrected chi connectivity index (χ3v) is 3.46. The van der Waals surface area contributed by atoms with Gasteiger partial charge >= 0.3 is 12.1 Å². The Hall–Kier alpha value is -2.05. The van der Waals surface area contributed by atoms with Crippen LogP contribution in [0.15, 0.2) is 24.3 Å². The number of carbonyl (C=O) groups excluding carboxylic acids is 1. The van der Waals surface area contributed by atoms with Gasteiger partial charge in [0, 0.05) is 19.4 Å². The molecule has 0 radical (unpaired) electrons. The van der Waals surface area contributed by atoms with Crippen LogP contribution < -0.4 is 5.32 Å². The predicted molar refractivity (Wildman–Crippen MR) is 78.9 cm³/mol. The number of aliphatic carboxylic acids is 1. The lowest BCUT2D eigenvalue weighted by Gasteiger charge is -2.18. The number of hydrogen-bond donors (Lipinski definition) is 2. The molecule has 0 fully saturated rings. The highest BCUT2D eigenvalue weighted by atomic mass is 19.4. The van der Waals surface area contributed by atoms with Crippen molar-refractivity contribution in [3.05, 3.63) is 35.4 Å². The minimum Gasteiger partial charge on any atom is -0.481 e. The van der Waals surface area contributed by atoms with E-state index >= 15 is 0 Å². The summed E-state index contributed by atoms with van der Waals surface area (Å²) in [5, 5.41) is 11.2. The Balaban J connectivity index is 2.65. The van der Waals surface area contributed by atoms with E-state index in [-0.39, 0.29) is 30.9 Å². The summed E-state index contributed by atoms with van der Waals surface area (Å²) in [6.07, 6.45) is -4.63. The zero-order chi connectivity index (χ0) is 17.6. The van der Waals surface area contributed by atoms with Crippen molar-refractivity contribution in [3.63, 3.8) is 0 Å². The molecular formula is C16H20F3NO3. The minimum absolute atomic E-state index is 0.0766. The Morgan fingerprint density at radius 3 is 2.35 bits per heavy atom. The van der Waals surface area contributed by atoms with Crippen LogP contribution in [0.4, 0.5) is 13.2 Å². The minimum atomic E-state index is -4.46.